The molecular formula is C18H20ClFN4O. The summed E-state index contributed by atoms with van der Waals surface area (Å²) in [6, 6.07) is 6.05. The van der Waals surface area contributed by atoms with Crippen LogP contribution >= 0.6 is 11.6 Å². The fourth-order valence-electron chi connectivity index (χ4n) is 3.18. The molecule has 1 atom stereocenters. The van der Waals surface area contributed by atoms with Gasteiger partial charge in [-0.25, -0.2) is 4.39 Å². The Hall–Kier alpha value is -2.05. The molecule has 2 heterocycles. The summed E-state index contributed by atoms with van der Waals surface area (Å²) in [4.78, 5) is 14.6. The molecule has 25 heavy (non-hydrogen) atoms. The van der Waals surface area contributed by atoms with Crippen molar-refractivity contribution in [3.8, 4) is 0 Å². The van der Waals surface area contributed by atoms with Crippen molar-refractivity contribution in [2.24, 2.45) is 0 Å². The smallest absolute Gasteiger partial charge is 0.253 e. The summed E-state index contributed by atoms with van der Waals surface area (Å²) in [5.74, 6) is -0.602. The molecule has 2 aromatic rings. The van der Waals surface area contributed by atoms with Crippen molar-refractivity contribution in [2.45, 2.75) is 25.8 Å². The van der Waals surface area contributed by atoms with Crippen LogP contribution in [0.3, 0.4) is 0 Å². The van der Waals surface area contributed by atoms with Gasteiger partial charge < -0.3 is 5.32 Å². The van der Waals surface area contributed by atoms with Gasteiger partial charge in [0.25, 0.3) is 5.91 Å². The topological polar surface area (TPSA) is 58.1 Å². The summed E-state index contributed by atoms with van der Waals surface area (Å²) in [6.45, 7) is 3.78. The van der Waals surface area contributed by atoms with E-state index in [0.29, 0.717) is 21.8 Å². The Morgan fingerprint density at radius 1 is 1.40 bits per heavy atom. The van der Waals surface area contributed by atoms with Gasteiger partial charge in [0.1, 0.15) is 5.82 Å². The third-order valence-electron chi connectivity index (χ3n) is 4.41. The summed E-state index contributed by atoms with van der Waals surface area (Å²) >= 11 is 6.26. The number of likely N-dealkylation sites (tertiary alicyclic amines) is 1. The first-order valence-corrected chi connectivity index (χ1v) is 8.69. The van der Waals surface area contributed by atoms with Gasteiger partial charge in [0, 0.05) is 17.1 Å². The summed E-state index contributed by atoms with van der Waals surface area (Å²) in [6.07, 6.45) is 3.54. The Kier molecular flexibility index (Phi) is 5.60. The van der Waals surface area contributed by atoms with Gasteiger partial charge in [0.15, 0.2) is 0 Å². The molecule has 1 aromatic heterocycles. The highest BCUT2D eigenvalue weighted by Crippen LogP contribution is 2.32. The Bertz CT molecular complexity index is 744. The number of amides is 1. The molecule has 132 valence electrons. The first kappa shape index (κ1) is 17.8. The van der Waals surface area contributed by atoms with Crippen molar-refractivity contribution in [3.05, 3.63) is 58.1 Å². The zero-order valence-electron chi connectivity index (χ0n) is 14.0. The number of hydrogen-bond donors (Lipinski definition) is 1. The molecule has 1 N–H and O–H groups in total. The summed E-state index contributed by atoms with van der Waals surface area (Å²) in [7, 11) is 0. The third-order valence-corrected chi connectivity index (χ3v) is 4.74. The van der Waals surface area contributed by atoms with Gasteiger partial charge in [0.2, 0.25) is 0 Å². The highest BCUT2D eigenvalue weighted by molar-refractivity contribution is 6.31. The molecule has 3 rings (SSSR count). The van der Waals surface area contributed by atoms with Crippen molar-refractivity contribution in [2.75, 3.05) is 19.6 Å². The van der Waals surface area contributed by atoms with Crippen LogP contribution in [0.1, 0.15) is 40.5 Å². The average molecular weight is 363 g/mol. The lowest BCUT2D eigenvalue weighted by Gasteiger charge is -2.29. The molecular weight excluding hydrogens is 343 g/mol. The van der Waals surface area contributed by atoms with E-state index in [1.807, 2.05) is 0 Å². The number of aryl methyl sites for hydroxylation is 1. The van der Waals surface area contributed by atoms with E-state index in [4.69, 9.17) is 11.6 Å². The van der Waals surface area contributed by atoms with Crippen molar-refractivity contribution in [3.63, 3.8) is 0 Å². The lowest BCUT2D eigenvalue weighted by molar-refractivity contribution is 0.0936. The average Bonchev–Trinajstić information content (AvgIpc) is 3.11. The zero-order valence-corrected chi connectivity index (χ0v) is 14.8. The van der Waals surface area contributed by atoms with E-state index in [1.165, 1.54) is 12.3 Å². The summed E-state index contributed by atoms with van der Waals surface area (Å²) in [5.41, 5.74) is 1.54. The molecule has 1 unspecified atom stereocenters. The van der Waals surface area contributed by atoms with Crippen LogP contribution in [0.2, 0.25) is 5.02 Å². The van der Waals surface area contributed by atoms with E-state index in [0.717, 1.165) is 25.9 Å². The van der Waals surface area contributed by atoms with Gasteiger partial charge in [0.05, 0.1) is 23.5 Å². The quantitative estimate of drug-likeness (QED) is 0.887. The van der Waals surface area contributed by atoms with Gasteiger partial charge in [-0.3, -0.25) is 9.69 Å². The normalized spacial score (nSPS) is 16.0. The third kappa shape index (κ3) is 4.14. The number of rotatable bonds is 5. The van der Waals surface area contributed by atoms with E-state index in [2.05, 4.69) is 20.4 Å². The van der Waals surface area contributed by atoms with Gasteiger partial charge in [-0.15, -0.1) is 0 Å². The second-order valence-corrected chi connectivity index (χ2v) is 6.60. The van der Waals surface area contributed by atoms with Crippen LogP contribution < -0.4 is 5.32 Å². The Balaban J connectivity index is 1.80. The Morgan fingerprint density at radius 2 is 2.16 bits per heavy atom. The number of halogens is 2. The van der Waals surface area contributed by atoms with Crippen molar-refractivity contribution in [1.82, 2.24) is 20.4 Å². The van der Waals surface area contributed by atoms with Crippen LogP contribution in [-0.2, 0) is 0 Å². The van der Waals surface area contributed by atoms with Crippen LogP contribution in [0.4, 0.5) is 4.39 Å². The second kappa shape index (κ2) is 7.89. The number of carbonyl (C=O) groups is 1. The van der Waals surface area contributed by atoms with Crippen molar-refractivity contribution in [1.29, 1.82) is 0 Å². The van der Waals surface area contributed by atoms with Crippen LogP contribution in [0.25, 0.3) is 0 Å². The number of hydrogen-bond acceptors (Lipinski definition) is 4. The minimum absolute atomic E-state index is 0.255. The molecule has 0 radical (unpaired) electrons. The predicted octanol–water partition coefficient (Wildman–Crippen LogP) is 3.14. The minimum atomic E-state index is -0.347. The molecule has 1 aromatic carbocycles. The van der Waals surface area contributed by atoms with E-state index in [1.54, 1.807) is 25.1 Å². The highest BCUT2D eigenvalue weighted by Gasteiger charge is 2.28. The van der Waals surface area contributed by atoms with E-state index in [9.17, 15) is 9.18 Å². The van der Waals surface area contributed by atoms with E-state index >= 15 is 0 Å². The monoisotopic (exact) mass is 362 g/mol. The lowest BCUT2D eigenvalue weighted by Crippen LogP contribution is -2.37. The minimum Gasteiger partial charge on any atom is -0.350 e. The molecule has 0 spiro atoms. The highest BCUT2D eigenvalue weighted by atomic mass is 35.5. The molecule has 1 amide bonds. The molecule has 7 heteroatoms. The van der Waals surface area contributed by atoms with Crippen LogP contribution in [-0.4, -0.2) is 40.6 Å². The second-order valence-electron chi connectivity index (χ2n) is 6.19. The maximum Gasteiger partial charge on any atom is 0.253 e. The molecule has 0 saturated carbocycles. The number of carbonyl (C=O) groups excluding carboxylic acids is 1. The SMILES string of the molecule is Cc1cc(C(=O)NCC(c2c(F)cccc2Cl)N2CCCC2)cnn1. The Labute approximate surface area is 151 Å². The van der Waals surface area contributed by atoms with Gasteiger partial charge in [-0.2, -0.15) is 10.2 Å². The van der Waals surface area contributed by atoms with Crippen LogP contribution in [0, 0.1) is 12.7 Å². The van der Waals surface area contributed by atoms with Gasteiger partial charge in [-0.1, -0.05) is 17.7 Å². The molecule has 1 fully saturated rings. The molecule has 1 aliphatic rings. The maximum absolute atomic E-state index is 14.4. The number of nitrogens with one attached hydrogen (secondary N) is 1. The van der Waals surface area contributed by atoms with Crippen LogP contribution in [0.5, 0.6) is 0 Å². The summed E-state index contributed by atoms with van der Waals surface area (Å²) < 4.78 is 14.4. The molecule has 1 aliphatic heterocycles. The predicted molar refractivity (Wildman–Crippen MR) is 94.1 cm³/mol. The van der Waals surface area contributed by atoms with Crippen LogP contribution in [0.15, 0.2) is 30.5 Å². The largest absolute Gasteiger partial charge is 0.350 e. The Morgan fingerprint density at radius 3 is 2.84 bits per heavy atom. The first-order valence-electron chi connectivity index (χ1n) is 8.32. The lowest BCUT2D eigenvalue weighted by atomic mass is 10.0. The van der Waals surface area contributed by atoms with Crippen molar-refractivity contribution >= 4 is 17.5 Å². The van der Waals surface area contributed by atoms with Crippen molar-refractivity contribution < 1.29 is 9.18 Å². The fraction of sp³-hybridized carbons (Fsp3) is 0.389. The number of nitrogens with zero attached hydrogens (tertiary/aromatic N) is 3. The first-order chi connectivity index (χ1) is 12.1. The molecule has 0 aliphatic carbocycles. The van der Waals surface area contributed by atoms with E-state index in [-0.39, 0.29) is 24.3 Å². The van der Waals surface area contributed by atoms with Gasteiger partial charge >= 0.3 is 0 Å². The number of aromatic nitrogens is 2. The van der Waals surface area contributed by atoms with E-state index < -0.39 is 0 Å². The fourth-order valence-corrected chi connectivity index (χ4v) is 3.47. The maximum atomic E-state index is 14.4. The zero-order chi connectivity index (χ0) is 17.8. The molecule has 0 bridgehead atoms. The molecule has 1 saturated heterocycles. The number of benzene rings is 1. The van der Waals surface area contributed by atoms with Gasteiger partial charge in [-0.05, 0) is 51.1 Å². The standard InChI is InChI=1S/C18H20ClFN4O/c1-12-9-13(10-22-23-12)18(25)21-11-16(24-7-2-3-8-24)17-14(19)5-4-6-15(17)20/h4-6,9-10,16H,2-3,7-8,11H2,1H3,(H,21,25). The molecule has 5 nitrogen and oxygen atoms in total. The summed E-state index contributed by atoms with van der Waals surface area (Å²) in [5, 5.41) is 10.9.